The Hall–Kier alpha value is -2.21. The van der Waals surface area contributed by atoms with E-state index in [-0.39, 0.29) is 11.8 Å². The zero-order chi connectivity index (χ0) is 14.5. The van der Waals surface area contributed by atoms with E-state index < -0.39 is 12.0 Å². The maximum atomic E-state index is 11.6. The van der Waals surface area contributed by atoms with Crippen LogP contribution in [-0.2, 0) is 20.9 Å². The van der Waals surface area contributed by atoms with Gasteiger partial charge in [-0.15, -0.1) is 0 Å². The van der Waals surface area contributed by atoms with E-state index in [1.54, 1.807) is 18.2 Å². The van der Waals surface area contributed by atoms with E-state index in [1.807, 2.05) is 6.07 Å². The lowest BCUT2D eigenvalue weighted by Gasteiger charge is -2.22. The molecule has 0 radical (unpaired) electrons. The van der Waals surface area contributed by atoms with Gasteiger partial charge in [-0.3, -0.25) is 14.9 Å². The maximum Gasteiger partial charge on any atom is 0.338 e. The van der Waals surface area contributed by atoms with Gasteiger partial charge in [-0.25, -0.2) is 4.79 Å². The molecule has 1 atom stereocenters. The number of rotatable bonds is 4. The Morgan fingerprint density at radius 2 is 2.15 bits per heavy atom. The van der Waals surface area contributed by atoms with Gasteiger partial charge in [0.2, 0.25) is 11.8 Å². The van der Waals surface area contributed by atoms with Crippen LogP contribution < -0.4 is 10.6 Å². The van der Waals surface area contributed by atoms with Crippen molar-refractivity contribution in [3.63, 3.8) is 0 Å². The zero-order valence-electron chi connectivity index (χ0n) is 11.1. The number of hydrogen-bond donors (Lipinski definition) is 2. The number of amides is 2. The van der Waals surface area contributed by atoms with Crippen molar-refractivity contribution in [2.45, 2.75) is 25.4 Å². The summed E-state index contributed by atoms with van der Waals surface area (Å²) in [7, 11) is 1.33. The second kappa shape index (κ2) is 6.29. The fraction of sp³-hybridized carbons (Fsp3) is 0.357. The molecule has 1 aromatic rings. The summed E-state index contributed by atoms with van der Waals surface area (Å²) in [5.74, 6) is -0.981. The highest BCUT2D eigenvalue weighted by Gasteiger charge is 2.26. The molecule has 1 aromatic carbocycles. The predicted octanol–water partition coefficient (Wildman–Crippen LogP) is 0.368. The van der Waals surface area contributed by atoms with Gasteiger partial charge < -0.3 is 10.1 Å². The average Bonchev–Trinajstić information content (AvgIpc) is 2.46. The second-order valence-corrected chi connectivity index (χ2v) is 4.53. The van der Waals surface area contributed by atoms with Crippen LogP contribution >= 0.6 is 0 Å². The molecule has 6 heteroatoms. The number of imide groups is 1. The van der Waals surface area contributed by atoms with Crippen molar-refractivity contribution in [3.05, 3.63) is 35.4 Å². The number of esters is 1. The molecule has 106 valence electrons. The lowest BCUT2D eigenvalue weighted by molar-refractivity contribution is -0.134. The number of carbonyl (C=O) groups is 3. The van der Waals surface area contributed by atoms with Gasteiger partial charge in [-0.1, -0.05) is 18.2 Å². The highest BCUT2D eigenvalue weighted by Crippen LogP contribution is 2.11. The van der Waals surface area contributed by atoms with Crippen molar-refractivity contribution in [2.75, 3.05) is 7.11 Å². The molecule has 1 aliphatic heterocycles. The largest absolute Gasteiger partial charge is 0.465 e. The van der Waals surface area contributed by atoms with E-state index in [2.05, 4.69) is 10.6 Å². The summed E-state index contributed by atoms with van der Waals surface area (Å²) in [5, 5.41) is 5.34. The highest BCUT2D eigenvalue weighted by molar-refractivity contribution is 6.00. The first-order valence-corrected chi connectivity index (χ1v) is 6.35. The van der Waals surface area contributed by atoms with Gasteiger partial charge >= 0.3 is 5.97 Å². The van der Waals surface area contributed by atoms with Crippen LogP contribution in [0, 0.1) is 0 Å². The second-order valence-electron chi connectivity index (χ2n) is 4.53. The molecule has 20 heavy (non-hydrogen) atoms. The molecule has 0 spiro atoms. The minimum Gasteiger partial charge on any atom is -0.465 e. The minimum atomic E-state index is -0.418. The number of nitrogens with one attached hydrogen (secondary N) is 2. The third-order valence-corrected chi connectivity index (χ3v) is 3.20. The molecule has 1 heterocycles. The predicted molar refractivity (Wildman–Crippen MR) is 70.8 cm³/mol. The van der Waals surface area contributed by atoms with Gasteiger partial charge in [0.15, 0.2) is 0 Å². The summed E-state index contributed by atoms with van der Waals surface area (Å²) < 4.78 is 4.71. The van der Waals surface area contributed by atoms with E-state index in [1.165, 1.54) is 7.11 Å². The first kappa shape index (κ1) is 14.2. The molecule has 0 aliphatic carbocycles. The van der Waals surface area contributed by atoms with Gasteiger partial charge in [-0.05, 0) is 18.1 Å². The Morgan fingerprint density at radius 3 is 2.85 bits per heavy atom. The van der Waals surface area contributed by atoms with Crippen molar-refractivity contribution >= 4 is 17.8 Å². The van der Waals surface area contributed by atoms with E-state index >= 15 is 0 Å². The maximum absolute atomic E-state index is 11.6. The van der Waals surface area contributed by atoms with Crippen LogP contribution in [0.25, 0.3) is 0 Å². The molecule has 0 aromatic heterocycles. The molecule has 1 aliphatic rings. The van der Waals surface area contributed by atoms with Gasteiger partial charge in [0.05, 0.1) is 18.7 Å². The van der Waals surface area contributed by atoms with Gasteiger partial charge in [-0.2, -0.15) is 0 Å². The van der Waals surface area contributed by atoms with E-state index in [0.29, 0.717) is 24.9 Å². The number of piperidine rings is 1. The summed E-state index contributed by atoms with van der Waals surface area (Å²) >= 11 is 0. The van der Waals surface area contributed by atoms with E-state index in [9.17, 15) is 14.4 Å². The van der Waals surface area contributed by atoms with Gasteiger partial charge in [0, 0.05) is 13.0 Å². The van der Waals surface area contributed by atoms with Crippen molar-refractivity contribution in [1.29, 1.82) is 0 Å². The third-order valence-electron chi connectivity index (χ3n) is 3.20. The Kier molecular flexibility index (Phi) is 4.47. The van der Waals surface area contributed by atoms with Crippen LogP contribution in [0.15, 0.2) is 24.3 Å². The normalized spacial score (nSPS) is 18.6. The number of carbonyl (C=O) groups excluding carboxylic acids is 3. The Morgan fingerprint density at radius 1 is 1.40 bits per heavy atom. The van der Waals surface area contributed by atoms with Crippen LogP contribution in [0.1, 0.15) is 28.8 Å². The lowest BCUT2D eigenvalue weighted by Crippen LogP contribution is -2.50. The van der Waals surface area contributed by atoms with Crippen molar-refractivity contribution < 1.29 is 19.1 Å². The fourth-order valence-electron chi connectivity index (χ4n) is 2.11. The van der Waals surface area contributed by atoms with Crippen molar-refractivity contribution in [3.8, 4) is 0 Å². The van der Waals surface area contributed by atoms with Crippen LogP contribution in [-0.4, -0.2) is 30.9 Å². The van der Waals surface area contributed by atoms with Gasteiger partial charge in [0.25, 0.3) is 0 Å². The SMILES string of the molecule is COC(=O)c1ccccc1CNC1CCC(=O)NC1=O. The summed E-state index contributed by atoms with van der Waals surface area (Å²) in [4.78, 5) is 34.3. The zero-order valence-corrected chi connectivity index (χ0v) is 11.1. The molecule has 0 saturated carbocycles. The quantitative estimate of drug-likeness (QED) is 0.613. The topological polar surface area (TPSA) is 84.5 Å². The molecular formula is C14H16N2O4. The number of methoxy groups -OCH3 is 1. The molecule has 1 fully saturated rings. The smallest absolute Gasteiger partial charge is 0.338 e. The first-order chi connectivity index (χ1) is 9.61. The Labute approximate surface area is 116 Å². The van der Waals surface area contributed by atoms with Crippen LogP contribution in [0.2, 0.25) is 0 Å². The molecule has 1 unspecified atom stereocenters. The standard InChI is InChI=1S/C14H16N2O4/c1-20-14(19)10-5-3-2-4-9(10)8-15-11-6-7-12(17)16-13(11)18/h2-5,11,15H,6-8H2,1H3,(H,16,17,18). The average molecular weight is 276 g/mol. The van der Waals surface area contributed by atoms with Crippen LogP contribution in [0.4, 0.5) is 0 Å². The molecule has 2 amide bonds. The summed E-state index contributed by atoms with van der Waals surface area (Å²) in [6.45, 7) is 0.359. The molecule has 1 saturated heterocycles. The summed E-state index contributed by atoms with van der Waals surface area (Å²) in [6, 6.07) is 6.62. The van der Waals surface area contributed by atoms with Crippen LogP contribution in [0.5, 0.6) is 0 Å². The Balaban J connectivity index is 2.02. The summed E-state index contributed by atoms with van der Waals surface area (Å²) in [5.41, 5.74) is 1.22. The monoisotopic (exact) mass is 276 g/mol. The van der Waals surface area contributed by atoms with Crippen molar-refractivity contribution in [1.82, 2.24) is 10.6 Å². The van der Waals surface area contributed by atoms with Crippen molar-refractivity contribution in [2.24, 2.45) is 0 Å². The van der Waals surface area contributed by atoms with Gasteiger partial charge in [0.1, 0.15) is 0 Å². The molecule has 2 rings (SSSR count). The fourth-order valence-corrected chi connectivity index (χ4v) is 2.11. The number of benzene rings is 1. The van der Waals surface area contributed by atoms with Crippen LogP contribution in [0.3, 0.4) is 0 Å². The molecule has 6 nitrogen and oxygen atoms in total. The first-order valence-electron chi connectivity index (χ1n) is 6.35. The number of ether oxygens (including phenoxy) is 1. The lowest BCUT2D eigenvalue weighted by atomic mass is 10.0. The molecule has 2 N–H and O–H groups in total. The number of hydrogen-bond acceptors (Lipinski definition) is 5. The third kappa shape index (κ3) is 3.21. The molecular weight excluding hydrogens is 260 g/mol. The highest BCUT2D eigenvalue weighted by atomic mass is 16.5. The Bertz CT molecular complexity index is 542. The van der Waals surface area contributed by atoms with E-state index in [0.717, 1.165) is 5.56 Å². The molecule has 0 bridgehead atoms. The van der Waals surface area contributed by atoms with E-state index in [4.69, 9.17) is 4.74 Å². The summed E-state index contributed by atoms with van der Waals surface area (Å²) in [6.07, 6.45) is 0.785. The minimum absolute atomic E-state index is 0.247.